The Morgan fingerprint density at radius 2 is 2.44 bits per heavy atom. The zero-order valence-electron chi connectivity index (χ0n) is 4.56. The van der Waals surface area contributed by atoms with Crippen molar-refractivity contribution in [2.45, 2.75) is 6.10 Å². The van der Waals surface area contributed by atoms with Crippen molar-refractivity contribution in [3.05, 3.63) is 4.91 Å². The van der Waals surface area contributed by atoms with Crippen molar-refractivity contribution in [1.29, 1.82) is 0 Å². The lowest BCUT2D eigenvalue weighted by Crippen LogP contribution is -2.17. The summed E-state index contributed by atoms with van der Waals surface area (Å²) in [5.74, 6) is 0. The van der Waals surface area contributed by atoms with E-state index in [0.717, 1.165) is 0 Å². The van der Waals surface area contributed by atoms with Gasteiger partial charge in [0.05, 0.1) is 13.2 Å². The average Bonchev–Trinajstić information content (AvgIpc) is 1.89. The van der Waals surface area contributed by atoms with Gasteiger partial charge < -0.3 is 10.2 Å². The lowest BCUT2D eigenvalue weighted by atomic mass is 10.4. The Bertz CT molecular complexity index is 80.2. The summed E-state index contributed by atoms with van der Waals surface area (Å²) < 4.78 is 6.66. The fourth-order valence-corrected chi connectivity index (χ4v) is 0.444. The molecule has 0 saturated heterocycles. The molecule has 0 aromatic rings. The molecule has 5 nitrogen and oxygen atoms in total. The Balaban J connectivity index is 2.96. The van der Waals surface area contributed by atoms with Crippen LogP contribution in [0.2, 0.25) is 0 Å². The molecule has 1 atom stereocenters. The average molecular weight is 153 g/mol. The predicted octanol–water partition coefficient (Wildman–Crippen LogP) is -0.314. The lowest BCUT2D eigenvalue weighted by Gasteiger charge is -2.02. The van der Waals surface area contributed by atoms with Gasteiger partial charge in [-0.1, -0.05) is 0 Å². The molecule has 0 radical (unpaired) electrons. The molecule has 6 heteroatoms. The summed E-state index contributed by atoms with van der Waals surface area (Å²) in [5.41, 5.74) is 0. The normalized spacial score (nSPS) is 13.1. The molecule has 0 amide bonds. The first-order chi connectivity index (χ1) is 4.31. The largest absolute Gasteiger partial charge is 0.394 e. The minimum Gasteiger partial charge on any atom is -0.394 e. The quantitative estimate of drug-likeness (QED) is 0.245. The molecule has 54 valence electrons. The van der Waals surface area contributed by atoms with E-state index in [9.17, 15) is 4.91 Å². The third kappa shape index (κ3) is 5.71. The fraction of sp³-hybridized carbons (Fsp3) is 1.00. The Morgan fingerprint density at radius 1 is 1.78 bits per heavy atom. The summed E-state index contributed by atoms with van der Waals surface area (Å²) in [4.78, 5) is 9.32. The minimum atomic E-state index is -0.931. The van der Waals surface area contributed by atoms with Crippen LogP contribution >= 0.6 is 12.2 Å². The SMILES string of the molecule is O=NSOCC(O)CO. The Morgan fingerprint density at radius 3 is 2.89 bits per heavy atom. The number of hydrogen-bond acceptors (Lipinski definition) is 6. The molecule has 0 aromatic carbocycles. The van der Waals surface area contributed by atoms with E-state index in [0.29, 0.717) is 12.2 Å². The second kappa shape index (κ2) is 5.96. The van der Waals surface area contributed by atoms with Crippen molar-refractivity contribution >= 4 is 12.2 Å². The molecule has 0 fully saturated rings. The third-order valence-corrected chi connectivity index (χ3v) is 0.857. The summed E-state index contributed by atoms with van der Waals surface area (Å²) in [7, 11) is 0. The molecule has 0 aliphatic carbocycles. The van der Waals surface area contributed by atoms with Crippen molar-refractivity contribution in [1.82, 2.24) is 0 Å². The predicted molar refractivity (Wildman–Crippen MR) is 32.4 cm³/mol. The molecule has 0 saturated carbocycles. The van der Waals surface area contributed by atoms with E-state index in [-0.39, 0.29) is 13.2 Å². The second-order valence-electron chi connectivity index (χ2n) is 1.27. The Kier molecular flexibility index (Phi) is 5.85. The number of aliphatic hydroxyl groups is 2. The molecule has 1 unspecified atom stereocenters. The summed E-state index contributed by atoms with van der Waals surface area (Å²) in [5, 5.41) is 16.7. The molecule has 0 spiro atoms. The van der Waals surface area contributed by atoms with E-state index >= 15 is 0 Å². The standard InChI is InChI=1S/C3H7NO4S/c5-1-3(6)2-8-9-4-7/h3,5-6H,1-2H2. The fourth-order valence-electron chi connectivity index (χ4n) is 0.183. The molecular weight excluding hydrogens is 146 g/mol. The highest BCUT2D eigenvalue weighted by molar-refractivity contribution is 7.93. The van der Waals surface area contributed by atoms with E-state index in [4.69, 9.17) is 10.2 Å². The van der Waals surface area contributed by atoms with Crippen molar-refractivity contribution < 1.29 is 14.4 Å². The summed E-state index contributed by atoms with van der Waals surface area (Å²) in [6.45, 7) is -0.466. The van der Waals surface area contributed by atoms with Crippen LogP contribution in [0.15, 0.2) is 4.58 Å². The van der Waals surface area contributed by atoms with Crippen LogP contribution in [-0.2, 0) is 4.18 Å². The molecule has 0 aliphatic rings. The maximum atomic E-state index is 9.32. The zero-order valence-corrected chi connectivity index (χ0v) is 5.37. The van der Waals surface area contributed by atoms with Gasteiger partial charge in [-0.15, -0.1) is 4.91 Å². The van der Waals surface area contributed by atoms with Crippen LogP contribution in [0, 0.1) is 4.91 Å². The van der Waals surface area contributed by atoms with Gasteiger partial charge in [0, 0.05) is 4.58 Å². The van der Waals surface area contributed by atoms with Gasteiger partial charge in [0.15, 0.2) is 12.2 Å². The topological polar surface area (TPSA) is 79.1 Å². The smallest absolute Gasteiger partial charge is 0.181 e. The van der Waals surface area contributed by atoms with Crippen LogP contribution in [0.1, 0.15) is 0 Å². The van der Waals surface area contributed by atoms with Gasteiger partial charge in [0.25, 0.3) is 0 Å². The zero-order chi connectivity index (χ0) is 7.11. The molecule has 0 bridgehead atoms. The van der Waals surface area contributed by atoms with Gasteiger partial charge in [-0.25, -0.2) is 0 Å². The first-order valence-corrected chi connectivity index (χ1v) is 2.91. The lowest BCUT2D eigenvalue weighted by molar-refractivity contribution is 0.0603. The first kappa shape index (κ1) is 8.83. The van der Waals surface area contributed by atoms with Crippen LogP contribution in [-0.4, -0.2) is 29.5 Å². The van der Waals surface area contributed by atoms with Gasteiger partial charge in [-0.3, -0.25) is 4.18 Å². The molecule has 0 aromatic heterocycles. The van der Waals surface area contributed by atoms with Crippen molar-refractivity contribution in [3.63, 3.8) is 0 Å². The van der Waals surface area contributed by atoms with Gasteiger partial charge in [0.1, 0.15) is 6.10 Å². The Labute approximate surface area is 56.3 Å². The van der Waals surface area contributed by atoms with Crippen molar-refractivity contribution in [3.8, 4) is 0 Å². The molecular formula is C3H7NO4S. The second-order valence-corrected chi connectivity index (χ2v) is 1.80. The first-order valence-electron chi connectivity index (χ1n) is 2.21. The van der Waals surface area contributed by atoms with Crippen LogP contribution < -0.4 is 0 Å². The number of aliphatic hydroxyl groups excluding tert-OH is 2. The van der Waals surface area contributed by atoms with Crippen molar-refractivity contribution in [2.24, 2.45) is 4.58 Å². The molecule has 2 N–H and O–H groups in total. The van der Waals surface area contributed by atoms with E-state index in [1.165, 1.54) is 0 Å². The molecule has 9 heavy (non-hydrogen) atoms. The van der Waals surface area contributed by atoms with Crippen LogP contribution in [0.25, 0.3) is 0 Å². The highest BCUT2D eigenvalue weighted by atomic mass is 32.2. The minimum absolute atomic E-state index is 0.0904. The third-order valence-electron chi connectivity index (χ3n) is 0.554. The number of nitroso groups, excluding NO2 is 1. The van der Waals surface area contributed by atoms with Crippen LogP contribution in [0.5, 0.6) is 0 Å². The Hall–Kier alpha value is -0.170. The van der Waals surface area contributed by atoms with Gasteiger partial charge in [-0.05, 0) is 0 Å². The van der Waals surface area contributed by atoms with Crippen LogP contribution in [0.4, 0.5) is 0 Å². The summed E-state index contributed by atoms with van der Waals surface area (Å²) in [6.07, 6.45) is -0.931. The van der Waals surface area contributed by atoms with E-state index in [1.54, 1.807) is 0 Å². The monoisotopic (exact) mass is 153 g/mol. The number of rotatable bonds is 5. The molecule has 0 aliphatic heterocycles. The van der Waals surface area contributed by atoms with Gasteiger partial charge >= 0.3 is 0 Å². The van der Waals surface area contributed by atoms with Gasteiger partial charge in [-0.2, -0.15) is 0 Å². The van der Waals surface area contributed by atoms with E-state index < -0.39 is 6.10 Å². The highest BCUT2D eigenvalue weighted by Crippen LogP contribution is 2.02. The van der Waals surface area contributed by atoms with Crippen molar-refractivity contribution in [2.75, 3.05) is 13.2 Å². The molecule has 0 rings (SSSR count). The maximum Gasteiger partial charge on any atom is 0.181 e. The summed E-state index contributed by atoms with van der Waals surface area (Å²) >= 11 is 0.350. The maximum absolute atomic E-state index is 9.32. The van der Waals surface area contributed by atoms with E-state index in [2.05, 4.69) is 8.77 Å². The highest BCUT2D eigenvalue weighted by Gasteiger charge is 2.00. The number of hydrogen-bond donors (Lipinski definition) is 2. The summed E-state index contributed by atoms with van der Waals surface area (Å²) in [6, 6.07) is 0. The number of nitrogens with zero attached hydrogens (tertiary/aromatic N) is 1. The van der Waals surface area contributed by atoms with E-state index in [1.807, 2.05) is 0 Å². The molecule has 0 heterocycles. The van der Waals surface area contributed by atoms with Crippen LogP contribution in [0.3, 0.4) is 0 Å². The van der Waals surface area contributed by atoms with Gasteiger partial charge in [0.2, 0.25) is 0 Å².